The average Bonchev–Trinajstić information content (AvgIpc) is 2.88. The molecule has 0 saturated carbocycles. The molecule has 1 aliphatic rings. The molecule has 0 bridgehead atoms. The van der Waals surface area contributed by atoms with E-state index in [1.807, 2.05) is 0 Å². The number of rotatable bonds is 9. The number of hydrogen-bond donors (Lipinski definition) is 5. The third kappa shape index (κ3) is 5.39. The van der Waals surface area contributed by atoms with Crippen molar-refractivity contribution in [2.24, 2.45) is 0 Å². The van der Waals surface area contributed by atoms with E-state index in [2.05, 4.69) is 0 Å². The van der Waals surface area contributed by atoms with Crippen LogP contribution in [0.25, 0.3) is 0 Å². The second-order valence-electron chi connectivity index (χ2n) is 7.59. The lowest BCUT2D eigenvalue weighted by molar-refractivity contribution is -0.276. The summed E-state index contributed by atoms with van der Waals surface area (Å²) in [5.41, 5.74) is -0.222. The number of aliphatic hydroxyl groups excluding tert-OH is 3. The molecular formula is C23H26O13. The Morgan fingerprint density at radius 2 is 1.47 bits per heavy atom. The SMILES string of the molecule is COc1cc(C(=O)O)ccc1OC1OC(CO)C(O)C(O)C1OC(=O)c1cc(OC)c(O)c(OC)c1. The van der Waals surface area contributed by atoms with E-state index in [1.54, 1.807) is 0 Å². The standard InChI is InChI=1S/C23H26O13/c1-31-13-6-10(21(28)29)4-5-12(13)34-23-20(19(27)18(26)16(9-24)35-23)36-22(30)11-7-14(32-2)17(25)15(8-11)33-3/h4-8,16,18-20,23-27H,9H2,1-3H3,(H,28,29). The number of hydrogen-bond acceptors (Lipinski definition) is 12. The van der Waals surface area contributed by atoms with Crippen molar-refractivity contribution in [1.82, 2.24) is 0 Å². The molecule has 1 heterocycles. The Kier molecular flexibility index (Phi) is 8.42. The number of phenols is 1. The first kappa shape index (κ1) is 26.8. The minimum Gasteiger partial charge on any atom is -0.502 e. The predicted octanol–water partition coefficient (Wildman–Crippen LogP) is 0.160. The largest absolute Gasteiger partial charge is 0.502 e. The fraction of sp³-hybridized carbons (Fsp3) is 0.391. The zero-order valence-corrected chi connectivity index (χ0v) is 19.5. The van der Waals surface area contributed by atoms with Gasteiger partial charge in [0, 0.05) is 0 Å². The van der Waals surface area contributed by atoms with Gasteiger partial charge in [0.05, 0.1) is 39.1 Å². The number of carbonyl (C=O) groups excluding carboxylic acids is 1. The first-order chi connectivity index (χ1) is 17.1. The lowest BCUT2D eigenvalue weighted by atomic mass is 9.99. The Bertz CT molecular complexity index is 1080. The molecular weight excluding hydrogens is 484 g/mol. The monoisotopic (exact) mass is 510 g/mol. The maximum absolute atomic E-state index is 12.9. The highest BCUT2D eigenvalue weighted by atomic mass is 16.7. The maximum Gasteiger partial charge on any atom is 0.339 e. The van der Waals surface area contributed by atoms with Crippen molar-refractivity contribution in [2.75, 3.05) is 27.9 Å². The lowest BCUT2D eigenvalue weighted by Crippen LogP contribution is -2.61. The number of aromatic hydroxyl groups is 1. The van der Waals surface area contributed by atoms with Crippen LogP contribution in [0.4, 0.5) is 0 Å². The van der Waals surface area contributed by atoms with E-state index < -0.39 is 49.3 Å². The molecule has 0 amide bonds. The third-order valence-electron chi connectivity index (χ3n) is 5.44. The summed E-state index contributed by atoms with van der Waals surface area (Å²) in [6.07, 6.45) is -7.87. The molecule has 196 valence electrons. The summed E-state index contributed by atoms with van der Waals surface area (Å²) in [5, 5.41) is 49.8. The summed E-state index contributed by atoms with van der Waals surface area (Å²) < 4.78 is 31.9. The molecule has 0 radical (unpaired) electrons. The molecule has 0 aliphatic carbocycles. The number of carbonyl (C=O) groups is 2. The van der Waals surface area contributed by atoms with Crippen LogP contribution in [-0.4, -0.2) is 96.1 Å². The minimum absolute atomic E-state index is 0.00209. The first-order valence-electron chi connectivity index (χ1n) is 10.5. The highest BCUT2D eigenvalue weighted by molar-refractivity contribution is 5.91. The van der Waals surface area contributed by atoms with Gasteiger partial charge in [-0.1, -0.05) is 0 Å². The van der Waals surface area contributed by atoms with E-state index >= 15 is 0 Å². The second-order valence-corrected chi connectivity index (χ2v) is 7.59. The topological polar surface area (TPSA) is 191 Å². The van der Waals surface area contributed by atoms with Gasteiger partial charge in [0.2, 0.25) is 12.0 Å². The van der Waals surface area contributed by atoms with E-state index in [4.69, 9.17) is 28.4 Å². The van der Waals surface area contributed by atoms with E-state index in [-0.39, 0.29) is 39.9 Å². The summed E-state index contributed by atoms with van der Waals surface area (Å²) in [7, 11) is 3.80. The minimum atomic E-state index is -1.75. The quantitative estimate of drug-likeness (QED) is 0.287. The molecule has 1 fully saturated rings. The Balaban J connectivity index is 1.93. The highest BCUT2D eigenvalue weighted by Gasteiger charge is 2.48. The summed E-state index contributed by atoms with van der Waals surface area (Å²) in [4.78, 5) is 24.2. The number of esters is 1. The van der Waals surface area contributed by atoms with Crippen molar-refractivity contribution in [2.45, 2.75) is 30.7 Å². The summed E-state index contributed by atoms with van der Waals surface area (Å²) in [5.74, 6) is -2.78. The maximum atomic E-state index is 12.9. The highest BCUT2D eigenvalue weighted by Crippen LogP contribution is 2.38. The van der Waals surface area contributed by atoms with Gasteiger partial charge in [0.15, 0.2) is 29.1 Å². The first-order valence-corrected chi connectivity index (χ1v) is 10.5. The molecule has 2 aromatic rings. The number of benzene rings is 2. The number of methoxy groups -OCH3 is 3. The van der Waals surface area contributed by atoms with E-state index in [9.17, 15) is 35.1 Å². The zero-order chi connectivity index (χ0) is 26.6. The van der Waals surface area contributed by atoms with Gasteiger partial charge in [-0.15, -0.1) is 0 Å². The summed E-state index contributed by atoms with van der Waals surface area (Å²) >= 11 is 0. The van der Waals surface area contributed by atoms with Gasteiger partial charge in [0.1, 0.15) is 18.3 Å². The van der Waals surface area contributed by atoms with Crippen molar-refractivity contribution in [3.63, 3.8) is 0 Å². The summed E-state index contributed by atoms with van der Waals surface area (Å²) in [6.45, 7) is -0.694. The molecule has 0 spiro atoms. The molecule has 36 heavy (non-hydrogen) atoms. The number of aromatic carboxylic acids is 1. The normalized spacial score (nSPS) is 23.4. The molecule has 5 atom stereocenters. The van der Waals surface area contributed by atoms with Gasteiger partial charge in [0.25, 0.3) is 0 Å². The number of phenolic OH excluding ortho intramolecular Hbond substituents is 1. The Morgan fingerprint density at radius 3 is 2.00 bits per heavy atom. The zero-order valence-electron chi connectivity index (χ0n) is 19.5. The van der Waals surface area contributed by atoms with Crippen LogP contribution in [0, 0.1) is 0 Å². The van der Waals surface area contributed by atoms with Crippen LogP contribution < -0.4 is 18.9 Å². The van der Waals surface area contributed by atoms with E-state index in [1.165, 1.54) is 51.7 Å². The number of carboxylic acid groups (broad SMARTS) is 1. The fourth-order valence-electron chi connectivity index (χ4n) is 3.50. The molecule has 3 rings (SSSR count). The second kappa shape index (κ2) is 11.3. The van der Waals surface area contributed by atoms with Crippen LogP contribution in [0.3, 0.4) is 0 Å². The van der Waals surface area contributed by atoms with Crippen molar-refractivity contribution < 1.29 is 63.5 Å². The van der Waals surface area contributed by atoms with Crippen LogP contribution in [0.2, 0.25) is 0 Å². The van der Waals surface area contributed by atoms with E-state index in [0.29, 0.717) is 0 Å². The average molecular weight is 510 g/mol. The van der Waals surface area contributed by atoms with Crippen molar-refractivity contribution in [1.29, 1.82) is 0 Å². The van der Waals surface area contributed by atoms with Gasteiger partial charge in [-0.2, -0.15) is 0 Å². The molecule has 2 aromatic carbocycles. The lowest BCUT2D eigenvalue weighted by Gasteiger charge is -2.41. The van der Waals surface area contributed by atoms with Gasteiger partial charge in [-0.25, -0.2) is 9.59 Å². The van der Waals surface area contributed by atoms with Gasteiger partial charge < -0.3 is 54.0 Å². The molecule has 5 unspecified atom stereocenters. The fourth-order valence-corrected chi connectivity index (χ4v) is 3.50. The van der Waals surface area contributed by atoms with E-state index in [0.717, 1.165) is 0 Å². The van der Waals surface area contributed by atoms with Crippen LogP contribution >= 0.6 is 0 Å². The van der Waals surface area contributed by atoms with Crippen LogP contribution in [0.1, 0.15) is 20.7 Å². The Hall–Kier alpha value is -3.78. The molecule has 5 N–H and O–H groups in total. The van der Waals surface area contributed by atoms with Crippen molar-refractivity contribution in [3.05, 3.63) is 41.5 Å². The molecule has 13 nitrogen and oxygen atoms in total. The molecule has 1 saturated heterocycles. The molecule has 0 aromatic heterocycles. The third-order valence-corrected chi connectivity index (χ3v) is 5.44. The number of carboxylic acids is 1. The smallest absolute Gasteiger partial charge is 0.339 e. The van der Waals surface area contributed by atoms with Gasteiger partial charge >= 0.3 is 11.9 Å². The van der Waals surface area contributed by atoms with Crippen LogP contribution in [0.15, 0.2) is 30.3 Å². The predicted molar refractivity (Wildman–Crippen MR) is 119 cm³/mol. The van der Waals surface area contributed by atoms with Crippen molar-refractivity contribution >= 4 is 11.9 Å². The Morgan fingerprint density at radius 1 is 0.889 bits per heavy atom. The number of ether oxygens (including phenoxy) is 6. The van der Waals surface area contributed by atoms with Crippen LogP contribution in [-0.2, 0) is 9.47 Å². The van der Waals surface area contributed by atoms with Gasteiger partial charge in [-0.05, 0) is 30.3 Å². The molecule has 1 aliphatic heterocycles. The summed E-state index contributed by atoms with van der Waals surface area (Å²) in [6, 6.07) is 6.03. The molecule has 13 heteroatoms. The Labute approximate surface area is 204 Å². The van der Waals surface area contributed by atoms with Crippen LogP contribution in [0.5, 0.6) is 28.7 Å². The van der Waals surface area contributed by atoms with Crippen molar-refractivity contribution in [3.8, 4) is 28.7 Å². The number of aliphatic hydroxyl groups is 3. The van der Waals surface area contributed by atoms with Gasteiger partial charge in [-0.3, -0.25) is 0 Å².